The van der Waals surface area contributed by atoms with Crippen molar-refractivity contribution < 1.29 is 132 Å². The second-order valence-corrected chi connectivity index (χ2v) is 20.9. The van der Waals surface area contributed by atoms with Crippen LogP contribution in [0.2, 0.25) is 0 Å². The van der Waals surface area contributed by atoms with E-state index in [2.05, 4.69) is 34.9 Å². The van der Waals surface area contributed by atoms with Crippen LogP contribution in [0.25, 0.3) is 0 Å². The number of carbonyl (C=O) groups excluding carboxylic acids is 7. The highest BCUT2D eigenvalue weighted by molar-refractivity contribution is 5.91. The Labute approximate surface area is 512 Å². The molecule has 0 saturated heterocycles. The number of hydrogen-bond acceptors (Lipinski definition) is 21. The minimum Gasteiger partial charge on any atom is -0.481 e. The second kappa shape index (κ2) is 45.3. The molecule has 0 aliphatic heterocycles. The summed E-state index contributed by atoms with van der Waals surface area (Å²) in [4.78, 5) is 105. The van der Waals surface area contributed by atoms with E-state index in [-0.39, 0.29) is 45.4 Å². The van der Waals surface area contributed by atoms with Crippen molar-refractivity contribution in [1.29, 1.82) is 0 Å². The number of aliphatic carboxylic acids is 2. The number of alkyl halides is 6. The number of alkyl carbamates (subject to hydrolysis) is 3. The number of esters is 2. The number of hydrogen-bond donors (Lipinski definition) is 6. The number of amides is 3. The predicted molar refractivity (Wildman–Crippen MR) is 300 cm³/mol. The fourth-order valence-electron chi connectivity index (χ4n) is 5.96. The average molecular weight is 1300 g/mol. The lowest BCUT2D eigenvalue weighted by Gasteiger charge is -2.23. The Kier molecular flexibility index (Phi) is 43.9. The number of ketones is 2. The number of halogens is 7. The van der Waals surface area contributed by atoms with E-state index < -0.39 is 159 Å². The van der Waals surface area contributed by atoms with Crippen molar-refractivity contribution in [2.45, 2.75) is 149 Å². The number of carboxylic acid groups (broad SMARTS) is 2. The number of methoxy groups -OCH3 is 3. The van der Waals surface area contributed by atoms with E-state index in [9.17, 15) is 69.5 Å². The number of ether oxygens (including phenoxy) is 11. The third-order valence-electron chi connectivity index (χ3n) is 9.73. The van der Waals surface area contributed by atoms with Crippen LogP contribution < -0.4 is 21.7 Å². The first-order valence-corrected chi connectivity index (χ1v) is 26.2. The molecule has 2 aromatic carbocycles. The van der Waals surface area contributed by atoms with Crippen LogP contribution in [0.1, 0.15) is 86.3 Å². The lowest BCUT2D eigenvalue weighted by molar-refractivity contribution is -0.166. The molecule has 26 nitrogen and oxygen atoms in total. The van der Waals surface area contributed by atoms with E-state index in [1.807, 2.05) is 6.07 Å². The van der Waals surface area contributed by atoms with Gasteiger partial charge in [0, 0.05) is 34.2 Å². The van der Waals surface area contributed by atoms with E-state index >= 15 is 0 Å². The first-order valence-electron chi connectivity index (χ1n) is 26.2. The minimum atomic E-state index is -3.14. The standard InChI is InChI=1S/C21H29F2NO7.C14H23F2NO7.C11H13F2NO3.C9H17NO5.ClH/c1-21(2,3)31-20(27)24-16(13-28-4)17(25)10-15(12-30-19(22)23)18(26)29-11-14-8-6-5-7-9-14;1-14(2,3)24-13(21)17-9(7-22-4)10(18)5-8(11(19)20)6-23-12(15)16;12-11(13)17-7-9(14)10(15)16-6-8-4-2-1-3-5-8;1-9(2,3)15-8(13)10-6(5-14-4)7(11)12;/h5-9,15-16,19H,10-13H2,1-4H3,(H,24,27);8-9,12H,5-7H2,1-4H3,(H,17,21)(H,19,20);1-5,9,11H,6-7,14H2;6H,5H2,1-4H3,(H,10,13)(H,11,12);1H/t15-,16-;8-,9-;9-;6-;/m0000./s1. The van der Waals surface area contributed by atoms with E-state index in [1.165, 1.54) is 21.3 Å². The number of rotatable bonds is 32. The van der Waals surface area contributed by atoms with Crippen LogP contribution in [0.5, 0.6) is 0 Å². The van der Waals surface area contributed by atoms with E-state index in [4.69, 9.17) is 49.1 Å². The van der Waals surface area contributed by atoms with Gasteiger partial charge in [0.1, 0.15) is 48.1 Å². The van der Waals surface area contributed by atoms with Crippen LogP contribution in [-0.2, 0) is 94.1 Å². The Morgan fingerprint density at radius 3 is 1.08 bits per heavy atom. The van der Waals surface area contributed by atoms with Gasteiger partial charge in [-0.2, -0.15) is 26.3 Å². The Hall–Kier alpha value is -6.94. The Morgan fingerprint density at radius 1 is 0.455 bits per heavy atom. The summed E-state index contributed by atoms with van der Waals surface area (Å²) in [6.45, 7) is 3.06. The second-order valence-electron chi connectivity index (χ2n) is 20.9. The molecular weight excluding hydrogens is 1220 g/mol. The molecule has 0 fully saturated rings. The summed E-state index contributed by atoms with van der Waals surface area (Å²) in [5, 5.41) is 24.5. The number of carbonyl (C=O) groups is 9. The number of Topliss-reactive ketones (excluding diaryl/α,β-unsaturated/α-hetero) is 2. The smallest absolute Gasteiger partial charge is 0.408 e. The first-order chi connectivity index (χ1) is 40.3. The molecule has 88 heavy (non-hydrogen) atoms. The van der Waals surface area contributed by atoms with Gasteiger partial charge < -0.3 is 84.0 Å². The molecule has 7 N–H and O–H groups in total. The van der Waals surface area contributed by atoms with Gasteiger partial charge in [-0.15, -0.1) is 12.4 Å². The number of nitrogens with two attached hydrogens (primary N) is 1. The van der Waals surface area contributed by atoms with Crippen molar-refractivity contribution in [2.24, 2.45) is 17.6 Å². The topological polar surface area (TPSA) is 358 Å². The lowest BCUT2D eigenvalue weighted by atomic mass is 9.99. The molecule has 0 bridgehead atoms. The molecule has 2 aromatic rings. The summed E-state index contributed by atoms with van der Waals surface area (Å²) in [6, 6.07) is 13.1. The molecule has 0 radical (unpaired) electrons. The molecule has 0 aliphatic carbocycles. The van der Waals surface area contributed by atoms with Crippen molar-refractivity contribution in [1.82, 2.24) is 16.0 Å². The highest BCUT2D eigenvalue weighted by Crippen LogP contribution is 2.16. The summed E-state index contributed by atoms with van der Waals surface area (Å²) in [6.07, 6.45) is -3.61. The first kappa shape index (κ1) is 85.3. The summed E-state index contributed by atoms with van der Waals surface area (Å²) in [5.41, 5.74) is 4.55. The maximum atomic E-state index is 12.7. The van der Waals surface area contributed by atoms with Crippen LogP contribution in [0, 0.1) is 11.8 Å². The molecular formula is C55H83ClF6N4O22. The molecule has 0 aliphatic rings. The van der Waals surface area contributed by atoms with Crippen LogP contribution in [0.15, 0.2) is 60.7 Å². The molecule has 6 atom stereocenters. The molecule has 33 heteroatoms. The van der Waals surface area contributed by atoms with Gasteiger partial charge in [-0.25, -0.2) is 19.2 Å². The summed E-state index contributed by atoms with van der Waals surface area (Å²) >= 11 is 0. The fourth-order valence-corrected chi connectivity index (χ4v) is 5.96. The summed E-state index contributed by atoms with van der Waals surface area (Å²) in [5.74, 6) is -8.34. The van der Waals surface area contributed by atoms with Crippen molar-refractivity contribution in [3.63, 3.8) is 0 Å². The lowest BCUT2D eigenvalue weighted by Crippen LogP contribution is -2.47. The maximum absolute atomic E-state index is 12.7. The zero-order chi connectivity index (χ0) is 67.1. The monoisotopic (exact) mass is 1300 g/mol. The van der Waals surface area contributed by atoms with Gasteiger partial charge in [0.05, 0.1) is 51.5 Å². The molecule has 0 saturated carbocycles. The molecule has 0 heterocycles. The third kappa shape index (κ3) is 46.2. The van der Waals surface area contributed by atoms with Crippen molar-refractivity contribution in [3.05, 3.63) is 71.8 Å². The maximum Gasteiger partial charge on any atom is 0.408 e. The van der Waals surface area contributed by atoms with Crippen LogP contribution in [0.3, 0.4) is 0 Å². The Balaban J connectivity index is -0.00000113. The zero-order valence-corrected chi connectivity index (χ0v) is 51.7. The molecule has 0 unspecified atom stereocenters. The Bertz CT molecular complexity index is 2350. The van der Waals surface area contributed by atoms with Gasteiger partial charge >= 0.3 is 62.0 Å². The highest BCUT2D eigenvalue weighted by atomic mass is 35.5. The number of carboxylic acids is 2. The van der Waals surface area contributed by atoms with Crippen LogP contribution in [0.4, 0.5) is 40.7 Å². The number of nitrogens with one attached hydrogen (secondary N) is 3. The Morgan fingerprint density at radius 2 is 0.761 bits per heavy atom. The normalized spacial score (nSPS) is 13.2. The van der Waals surface area contributed by atoms with Crippen LogP contribution in [-0.4, -0.2) is 186 Å². The zero-order valence-electron chi connectivity index (χ0n) is 50.9. The number of benzene rings is 2. The molecule has 504 valence electrons. The van der Waals surface area contributed by atoms with E-state index in [1.54, 1.807) is 117 Å². The van der Waals surface area contributed by atoms with Crippen molar-refractivity contribution in [2.75, 3.05) is 61.0 Å². The highest BCUT2D eigenvalue weighted by Gasteiger charge is 2.33. The van der Waals surface area contributed by atoms with E-state index in [0.717, 1.165) is 5.56 Å². The van der Waals surface area contributed by atoms with Crippen molar-refractivity contribution >= 4 is 66.1 Å². The van der Waals surface area contributed by atoms with Crippen molar-refractivity contribution in [3.8, 4) is 0 Å². The van der Waals surface area contributed by atoms with Gasteiger partial charge in [-0.3, -0.25) is 24.0 Å². The van der Waals surface area contributed by atoms with E-state index in [0.29, 0.717) is 5.56 Å². The van der Waals surface area contributed by atoms with Crippen LogP contribution >= 0.6 is 12.4 Å². The quantitative estimate of drug-likeness (QED) is 0.0248. The SMILES string of the molecule is COC[C@H](NC(=O)OC(C)(C)C)C(=O)C[C@@H](COC(F)F)C(=O)O.COC[C@H](NC(=O)OC(C)(C)C)C(=O)C[C@@H](COC(F)F)C(=O)OCc1ccccc1.COC[C@H](NC(=O)OC(C)(C)C)C(=O)O.Cl.N[C@@H](COC(F)F)C(=O)OCc1ccccc1. The summed E-state index contributed by atoms with van der Waals surface area (Å²) < 4.78 is 124. The average Bonchev–Trinajstić information content (AvgIpc) is 3.49. The summed E-state index contributed by atoms with van der Waals surface area (Å²) in [7, 11) is 3.96. The minimum absolute atomic E-state index is 0. The molecule has 0 spiro atoms. The molecule has 0 aromatic heterocycles. The third-order valence-corrected chi connectivity index (χ3v) is 9.73. The predicted octanol–water partition coefficient (Wildman–Crippen LogP) is 6.84. The largest absolute Gasteiger partial charge is 0.481 e. The molecule has 2 rings (SSSR count). The fraction of sp³-hybridized carbons (Fsp3) is 0.618. The van der Waals surface area contributed by atoms with Gasteiger partial charge in [0.2, 0.25) is 0 Å². The van der Waals surface area contributed by atoms with Gasteiger partial charge in [-0.1, -0.05) is 60.7 Å². The van der Waals surface area contributed by atoms with Gasteiger partial charge in [-0.05, 0) is 73.4 Å². The van der Waals surface area contributed by atoms with Gasteiger partial charge in [0.25, 0.3) is 0 Å². The molecule has 3 amide bonds. The van der Waals surface area contributed by atoms with Gasteiger partial charge in [0.15, 0.2) is 17.6 Å².